The summed E-state index contributed by atoms with van der Waals surface area (Å²) in [5.41, 5.74) is 5.38. The van der Waals surface area contributed by atoms with Crippen molar-refractivity contribution in [2.75, 3.05) is 13.1 Å². The molecule has 0 bridgehead atoms. The SMILES string of the molecule is CCCN1CCC(C#N)(NC(=O)C(N)CC(C)(C)C)CC1C1CCCCC1. The van der Waals surface area contributed by atoms with E-state index in [1.165, 1.54) is 32.1 Å². The van der Waals surface area contributed by atoms with Gasteiger partial charge < -0.3 is 11.1 Å². The third-order valence-electron chi connectivity index (χ3n) is 6.30. The second-order valence-electron chi connectivity index (χ2n) is 10.0. The van der Waals surface area contributed by atoms with E-state index in [4.69, 9.17) is 5.73 Å². The Kier molecular flexibility index (Phi) is 7.71. The van der Waals surface area contributed by atoms with Crippen molar-refractivity contribution in [1.82, 2.24) is 10.2 Å². The molecular weight excluding hydrogens is 336 g/mol. The molecule has 27 heavy (non-hydrogen) atoms. The lowest BCUT2D eigenvalue weighted by Crippen LogP contribution is -2.62. The van der Waals surface area contributed by atoms with Crippen molar-refractivity contribution in [2.45, 2.75) is 103 Å². The molecule has 2 aliphatic rings. The number of amides is 1. The van der Waals surface area contributed by atoms with Crippen molar-refractivity contribution in [3.63, 3.8) is 0 Å². The van der Waals surface area contributed by atoms with E-state index in [0.717, 1.165) is 25.9 Å². The molecule has 154 valence electrons. The highest BCUT2D eigenvalue weighted by molar-refractivity contribution is 5.82. The van der Waals surface area contributed by atoms with Crippen molar-refractivity contribution < 1.29 is 4.79 Å². The summed E-state index contributed by atoms with van der Waals surface area (Å²) in [5.74, 6) is 0.483. The Hall–Kier alpha value is -1.12. The predicted molar refractivity (Wildman–Crippen MR) is 110 cm³/mol. The average Bonchev–Trinajstić information content (AvgIpc) is 2.62. The van der Waals surface area contributed by atoms with E-state index in [9.17, 15) is 10.1 Å². The first-order valence-corrected chi connectivity index (χ1v) is 10.9. The van der Waals surface area contributed by atoms with E-state index in [1.54, 1.807) is 0 Å². The zero-order valence-corrected chi connectivity index (χ0v) is 17.9. The molecule has 0 aromatic rings. The van der Waals surface area contributed by atoms with Crippen LogP contribution in [0.1, 0.15) is 85.5 Å². The second-order valence-corrected chi connectivity index (χ2v) is 10.0. The van der Waals surface area contributed by atoms with E-state index in [2.05, 4.69) is 44.0 Å². The third-order valence-corrected chi connectivity index (χ3v) is 6.30. The lowest BCUT2D eigenvalue weighted by molar-refractivity contribution is -0.125. The highest BCUT2D eigenvalue weighted by Gasteiger charge is 2.44. The molecule has 0 radical (unpaired) electrons. The Morgan fingerprint density at radius 1 is 1.33 bits per heavy atom. The zero-order valence-electron chi connectivity index (χ0n) is 17.9. The van der Waals surface area contributed by atoms with Crippen molar-refractivity contribution >= 4 is 5.91 Å². The van der Waals surface area contributed by atoms with Gasteiger partial charge in [0.2, 0.25) is 5.91 Å². The number of rotatable bonds is 6. The maximum Gasteiger partial charge on any atom is 0.238 e. The maximum atomic E-state index is 12.7. The summed E-state index contributed by atoms with van der Waals surface area (Å²) < 4.78 is 0. The molecule has 0 aromatic heterocycles. The molecule has 1 aliphatic carbocycles. The normalized spacial score (nSPS) is 29.1. The Morgan fingerprint density at radius 2 is 2.00 bits per heavy atom. The van der Waals surface area contributed by atoms with Crippen molar-refractivity contribution in [3.8, 4) is 6.07 Å². The van der Waals surface area contributed by atoms with Crippen LogP contribution in [0.2, 0.25) is 0 Å². The van der Waals surface area contributed by atoms with Crippen molar-refractivity contribution in [2.24, 2.45) is 17.1 Å². The molecular formula is C22H40N4O. The van der Waals surface area contributed by atoms with Crippen LogP contribution in [0.4, 0.5) is 0 Å². The highest BCUT2D eigenvalue weighted by atomic mass is 16.2. The van der Waals surface area contributed by atoms with Gasteiger partial charge in [0.1, 0.15) is 5.54 Å². The molecule has 5 nitrogen and oxygen atoms in total. The van der Waals surface area contributed by atoms with Crippen LogP contribution in [-0.2, 0) is 4.79 Å². The maximum absolute atomic E-state index is 12.7. The first-order chi connectivity index (χ1) is 12.7. The van der Waals surface area contributed by atoms with Crippen LogP contribution in [0.15, 0.2) is 0 Å². The summed E-state index contributed by atoms with van der Waals surface area (Å²) in [4.78, 5) is 15.3. The van der Waals surface area contributed by atoms with Gasteiger partial charge in [-0.15, -0.1) is 0 Å². The summed E-state index contributed by atoms with van der Waals surface area (Å²) in [6, 6.07) is 2.33. The van der Waals surface area contributed by atoms with Gasteiger partial charge in [-0.05, 0) is 56.4 Å². The molecule has 2 rings (SSSR count). The van der Waals surface area contributed by atoms with Crippen LogP contribution in [-0.4, -0.2) is 41.5 Å². The molecule has 5 heteroatoms. The van der Waals surface area contributed by atoms with Crippen LogP contribution >= 0.6 is 0 Å². The van der Waals surface area contributed by atoms with Crippen LogP contribution in [0, 0.1) is 22.7 Å². The number of nitrogens with one attached hydrogen (secondary N) is 1. The van der Waals surface area contributed by atoms with Gasteiger partial charge >= 0.3 is 0 Å². The Bertz CT molecular complexity index is 525. The molecule has 1 saturated carbocycles. The number of nitrogens with two attached hydrogens (primary N) is 1. The standard InChI is InChI=1S/C22H40N4O/c1-5-12-26-13-11-22(16-23,15-19(26)17-9-7-6-8-10-17)25-20(27)18(24)14-21(2,3)4/h17-19H,5-15,24H2,1-4H3,(H,25,27). The minimum absolute atomic E-state index is 0.00825. The Morgan fingerprint density at radius 3 is 2.56 bits per heavy atom. The minimum atomic E-state index is -0.765. The molecule has 3 atom stereocenters. The first-order valence-electron chi connectivity index (χ1n) is 10.9. The van der Waals surface area contributed by atoms with Crippen molar-refractivity contribution in [1.29, 1.82) is 5.26 Å². The lowest BCUT2D eigenvalue weighted by Gasteiger charge is -2.47. The summed E-state index contributed by atoms with van der Waals surface area (Å²) >= 11 is 0. The van der Waals surface area contributed by atoms with Gasteiger partial charge in [0.25, 0.3) is 0 Å². The van der Waals surface area contributed by atoms with E-state index < -0.39 is 11.6 Å². The zero-order chi connectivity index (χ0) is 20.1. The van der Waals surface area contributed by atoms with Gasteiger partial charge in [-0.1, -0.05) is 47.0 Å². The third kappa shape index (κ3) is 6.19. The fourth-order valence-corrected chi connectivity index (χ4v) is 4.96. The topological polar surface area (TPSA) is 82.2 Å². The smallest absolute Gasteiger partial charge is 0.238 e. The predicted octanol–water partition coefficient (Wildman–Crippen LogP) is 3.58. The monoisotopic (exact) mass is 376 g/mol. The fraction of sp³-hybridized carbons (Fsp3) is 0.909. The van der Waals surface area contributed by atoms with Gasteiger partial charge in [0.15, 0.2) is 0 Å². The molecule has 1 saturated heterocycles. The minimum Gasteiger partial charge on any atom is -0.336 e. The molecule has 0 spiro atoms. The summed E-state index contributed by atoms with van der Waals surface area (Å²) in [6.07, 6.45) is 9.61. The molecule has 3 N–H and O–H groups in total. The van der Waals surface area contributed by atoms with E-state index in [-0.39, 0.29) is 11.3 Å². The van der Waals surface area contributed by atoms with Crippen LogP contribution in [0.25, 0.3) is 0 Å². The van der Waals surface area contributed by atoms with E-state index >= 15 is 0 Å². The number of hydrogen-bond donors (Lipinski definition) is 2. The number of likely N-dealkylation sites (tertiary alicyclic amines) is 1. The average molecular weight is 377 g/mol. The number of piperidine rings is 1. The van der Waals surface area contributed by atoms with Crippen molar-refractivity contribution in [3.05, 3.63) is 0 Å². The largest absolute Gasteiger partial charge is 0.336 e. The Labute approximate surface area is 166 Å². The number of carbonyl (C=O) groups excluding carboxylic acids is 1. The van der Waals surface area contributed by atoms with Gasteiger partial charge in [0.05, 0.1) is 12.1 Å². The number of hydrogen-bond acceptors (Lipinski definition) is 4. The van der Waals surface area contributed by atoms with E-state index in [0.29, 0.717) is 24.8 Å². The fourth-order valence-electron chi connectivity index (χ4n) is 4.96. The molecule has 1 aliphatic heterocycles. The van der Waals surface area contributed by atoms with E-state index in [1.807, 2.05) is 0 Å². The van der Waals surface area contributed by atoms with Gasteiger partial charge in [-0.25, -0.2) is 0 Å². The lowest BCUT2D eigenvalue weighted by atomic mass is 9.74. The molecule has 1 heterocycles. The Balaban J connectivity index is 2.10. The second kappa shape index (κ2) is 9.39. The summed E-state index contributed by atoms with van der Waals surface area (Å²) in [7, 11) is 0. The van der Waals surface area contributed by atoms with Gasteiger partial charge in [0, 0.05) is 12.6 Å². The molecule has 1 amide bonds. The molecule has 3 unspecified atom stereocenters. The summed E-state index contributed by atoms with van der Waals surface area (Å²) in [5, 5.41) is 13.1. The molecule has 0 aromatic carbocycles. The highest BCUT2D eigenvalue weighted by Crippen LogP contribution is 2.37. The quantitative estimate of drug-likeness (QED) is 0.742. The molecule has 2 fully saturated rings. The van der Waals surface area contributed by atoms with Gasteiger partial charge in [-0.2, -0.15) is 5.26 Å². The van der Waals surface area contributed by atoms with Crippen LogP contribution < -0.4 is 11.1 Å². The number of carbonyl (C=O) groups is 1. The van der Waals surface area contributed by atoms with Gasteiger partial charge in [-0.3, -0.25) is 9.69 Å². The van der Waals surface area contributed by atoms with Crippen LogP contribution in [0.3, 0.4) is 0 Å². The summed E-state index contributed by atoms with van der Waals surface area (Å²) in [6.45, 7) is 10.4. The number of nitriles is 1. The van der Waals surface area contributed by atoms with Crippen LogP contribution in [0.5, 0.6) is 0 Å². The number of nitrogens with zero attached hydrogens (tertiary/aromatic N) is 2. The first kappa shape index (κ1) is 22.2.